The summed E-state index contributed by atoms with van der Waals surface area (Å²) in [4.78, 5) is 32.5. The number of nitrogens with one attached hydrogen (secondary N) is 1. The molecule has 1 amide bonds. The molecule has 0 radical (unpaired) electrons. The molecule has 1 fully saturated rings. The summed E-state index contributed by atoms with van der Waals surface area (Å²) >= 11 is 0. The molecule has 1 atom stereocenters. The summed E-state index contributed by atoms with van der Waals surface area (Å²) in [5, 5.41) is 12.0. The second-order valence-corrected chi connectivity index (χ2v) is 7.45. The van der Waals surface area contributed by atoms with E-state index in [1.807, 2.05) is 73.6 Å². The van der Waals surface area contributed by atoms with E-state index < -0.39 is 17.7 Å². The van der Waals surface area contributed by atoms with E-state index in [1.54, 1.807) is 11.1 Å². The minimum atomic E-state index is -0.652. The summed E-state index contributed by atoms with van der Waals surface area (Å²) in [6.07, 6.45) is 1.68. The van der Waals surface area contributed by atoms with E-state index in [0.29, 0.717) is 18.7 Å². The number of rotatable bonds is 5. The van der Waals surface area contributed by atoms with Gasteiger partial charge in [-0.1, -0.05) is 48.5 Å². The fourth-order valence-electron chi connectivity index (χ4n) is 3.81. The van der Waals surface area contributed by atoms with Crippen LogP contribution in [0.25, 0.3) is 16.7 Å². The maximum Gasteiger partial charge on any atom is 0.295 e. The minimum Gasteiger partial charge on any atom is -0.507 e. The number of likely N-dealkylation sites (tertiary alicyclic amines) is 1. The molecule has 6 nitrogen and oxygen atoms in total. The predicted octanol–water partition coefficient (Wildman–Crippen LogP) is 3.15. The molecule has 2 heterocycles. The average Bonchev–Trinajstić information content (AvgIpc) is 3.26. The van der Waals surface area contributed by atoms with Crippen molar-refractivity contribution in [1.82, 2.24) is 14.8 Å². The van der Waals surface area contributed by atoms with E-state index in [1.165, 1.54) is 0 Å². The summed E-state index contributed by atoms with van der Waals surface area (Å²) in [6, 6.07) is 16.3. The normalized spacial score (nSPS) is 18.9. The Hall–Kier alpha value is -3.38. The number of fused-ring (bicyclic) bond motifs is 1. The number of aliphatic hydroxyl groups excluding tert-OH is 1. The van der Waals surface area contributed by atoms with Crippen LogP contribution in [-0.2, 0) is 9.59 Å². The van der Waals surface area contributed by atoms with Gasteiger partial charge in [-0.05, 0) is 25.7 Å². The van der Waals surface area contributed by atoms with Crippen molar-refractivity contribution in [2.24, 2.45) is 0 Å². The predicted molar refractivity (Wildman–Crippen MR) is 112 cm³/mol. The second kappa shape index (κ2) is 7.56. The van der Waals surface area contributed by atoms with E-state index in [4.69, 9.17) is 0 Å². The molecule has 2 aromatic carbocycles. The van der Waals surface area contributed by atoms with Crippen molar-refractivity contribution >= 4 is 28.4 Å². The van der Waals surface area contributed by atoms with Gasteiger partial charge in [0.25, 0.3) is 11.7 Å². The number of aliphatic hydroxyl groups is 1. The first-order valence-corrected chi connectivity index (χ1v) is 9.53. The SMILES string of the molecule is CN(C)CCN1C(=O)C(=O)/C(=C(/O)c2c[nH]c3ccccc23)[C@@H]1c1ccccc1. The van der Waals surface area contributed by atoms with E-state index in [0.717, 1.165) is 16.5 Å². The molecule has 0 unspecified atom stereocenters. The molecule has 1 aliphatic rings. The summed E-state index contributed by atoms with van der Waals surface area (Å²) in [6.45, 7) is 1.01. The number of hydrogen-bond donors (Lipinski definition) is 2. The molecule has 0 aliphatic carbocycles. The quantitative estimate of drug-likeness (QED) is 0.399. The number of aromatic nitrogens is 1. The summed E-state index contributed by atoms with van der Waals surface area (Å²) in [5.74, 6) is -1.38. The molecule has 6 heteroatoms. The average molecular weight is 389 g/mol. The van der Waals surface area contributed by atoms with Crippen molar-refractivity contribution in [3.8, 4) is 0 Å². The van der Waals surface area contributed by atoms with Gasteiger partial charge in [0, 0.05) is 35.8 Å². The van der Waals surface area contributed by atoms with Crippen molar-refractivity contribution in [2.75, 3.05) is 27.2 Å². The topological polar surface area (TPSA) is 76.6 Å². The zero-order valence-corrected chi connectivity index (χ0v) is 16.4. The Kier molecular flexibility index (Phi) is 4.94. The van der Waals surface area contributed by atoms with Gasteiger partial charge >= 0.3 is 0 Å². The van der Waals surface area contributed by atoms with Crippen molar-refractivity contribution in [3.63, 3.8) is 0 Å². The number of Topliss-reactive ketones (excluding diaryl/α,β-unsaturated/α-hetero) is 1. The van der Waals surface area contributed by atoms with Gasteiger partial charge in [-0.3, -0.25) is 9.59 Å². The van der Waals surface area contributed by atoms with Crippen LogP contribution in [0.4, 0.5) is 0 Å². The van der Waals surface area contributed by atoms with Crippen molar-refractivity contribution in [2.45, 2.75) is 6.04 Å². The Labute approximate surface area is 169 Å². The van der Waals surface area contributed by atoms with Gasteiger partial charge in [-0.2, -0.15) is 0 Å². The van der Waals surface area contributed by atoms with Crippen LogP contribution in [0.5, 0.6) is 0 Å². The van der Waals surface area contributed by atoms with Gasteiger partial charge < -0.3 is 19.9 Å². The highest BCUT2D eigenvalue weighted by molar-refractivity contribution is 6.46. The van der Waals surface area contributed by atoms with Gasteiger partial charge in [0.2, 0.25) is 0 Å². The van der Waals surface area contributed by atoms with E-state index in [9.17, 15) is 14.7 Å². The zero-order chi connectivity index (χ0) is 20.5. The number of para-hydroxylation sites is 1. The number of benzene rings is 2. The van der Waals surface area contributed by atoms with Gasteiger partial charge in [-0.25, -0.2) is 0 Å². The lowest BCUT2D eigenvalue weighted by Crippen LogP contribution is -2.35. The van der Waals surface area contributed by atoms with Crippen LogP contribution in [0.3, 0.4) is 0 Å². The first kappa shape index (κ1) is 19.0. The third kappa shape index (κ3) is 3.32. The van der Waals surface area contributed by atoms with Crippen LogP contribution >= 0.6 is 0 Å². The number of amides is 1. The second-order valence-electron chi connectivity index (χ2n) is 7.45. The van der Waals surface area contributed by atoms with E-state index in [2.05, 4.69) is 4.98 Å². The van der Waals surface area contributed by atoms with Crippen molar-refractivity contribution in [1.29, 1.82) is 0 Å². The molecule has 148 valence electrons. The molecule has 0 spiro atoms. The minimum absolute atomic E-state index is 0.129. The number of carbonyl (C=O) groups is 2. The fourth-order valence-corrected chi connectivity index (χ4v) is 3.81. The maximum atomic E-state index is 13.0. The Morgan fingerprint density at radius 3 is 2.48 bits per heavy atom. The third-order valence-corrected chi connectivity index (χ3v) is 5.29. The molecular weight excluding hydrogens is 366 g/mol. The van der Waals surface area contributed by atoms with E-state index in [-0.39, 0.29) is 11.3 Å². The van der Waals surface area contributed by atoms with Crippen molar-refractivity contribution < 1.29 is 14.7 Å². The number of aromatic amines is 1. The Morgan fingerprint density at radius 2 is 1.76 bits per heavy atom. The number of H-pyrrole nitrogens is 1. The number of nitrogens with zero attached hydrogens (tertiary/aromatic N) is 2. The molecule has 3 aromatic rings. The number of ketones is 1. The zero-order valence-electron chi connectivity index (χ0n) is 16.4. The lowest BCUT2D eigenvalue weighted by Gasteiger charge is -2.26. The number of hydrogen-bond acceptors (Lipinski definition) is 4. The largest absolute Gasteiger partial charge is 0.507 e. The van der Waals surface area contributed by atoms with Crippen LogP contribution in [0.2, 0.25) is 0 Å². The number of likely N-dealkylation sites (N-methyl/N-ethyl adjacent to an activating group) is 1. The van der Waals surface area contributed by atoms with Gasteiger partial charge in [0.15, 0.2) is 0 Å². The number of carbonyl (C=O) groups excluding carboxylic acids is 2. The van der Waals surface area contributed by atoms with Gasteiger partial charge in [-0.15, -0.1) is 0 Å². The van der Waals surface area contributed by atoms with Crippen LogP contribution < -0.4 is 0 Å². The Balaban J connectivity index is 1.88. The Bertz CT molecular complexity index is 1100. The smallest absolute Gasteiger partial charge is 0.295 e. The lowest BCUT2D eigenvalue weighted by molar-refractivity contribution is -0.140. The molecule has 2 N–H and O–H groups in total. The molecule has 1 saturated heterocycles. The highest BCUT2D eigenvalue weighted by atomic mass is 16.3. The van der Waals surface area contributed by atoms with E-state index >= 15 is 0 Å². The summed E-state index contributed by atoms with van der Waals surface area (Å²) < 4.78 is 0. The monoisotopic (exact) mass is 389 g/mol. The Morgan fingerprint density at radius 1 is 1.07 bits per heavy atom. The first-order chi connectivity index (χ1) is 14.0. The first-order valence-electron chi connectivity index (χ1n) is 9.53. The molecule has 1 aliphatic heterocycles. The highest BCUT2D eigenvalue weighted by Crippen LogP contribution is 2.40. The molecular formula is C23H23N3O3. The van der Waals surface area contributed by atoms with Crippen LogP contribution in [0.1, 0.15) is 17.2 Å². The van der Waals surface area contributed by atoms with Crippen LogP contribution in [0, 0.1) is 0 Å². The van der Waals surface area contributed by atoms with Crippen molar-refractivity contribution in [3.05, 3.63) is 77.5 Å². The molecule has 4 rings (SSSR count). The highest BCUT2D eigenvalue weighted by Gasteiger charge is 2.46. The summed E-state index contributed by atoms with van der Waals surface area (Å²) in [5.41, 5.74) is 2.30. The van der Waals surface area contributed by atoms with Crippen LogP contribution in [-0.4, -0.2) is 58.8 Å². The molecule has 1 aromatic heterocycles. The molecule has 29 heavy (non-hydrogen) atoms. The van der Waals surface area contributed by atoms with Gasteiger partial charge in [0.05, 0.1) is 11.6 Å². The molecule has 0 saturated carbocycles. The van der Waals surface area contributed by atoms with Crippen LogP contribution in [0.15, 0.2) is 66.4 Å². The fraction of sp³-hybridized carbons (Fsp3) is 0.217. The summed E-state index contributed by atoms with van der Waals surface area (Å²) in [7, 11) is 3.83. The maximum absolute atomic E-state index is 13.0. The third-order valence-electron chi connectivity index (χ3n) is 5.29. The lowest BCUT2D eigenvalue weighted by atomic mass is 9.95. The van der Waals surface area contributed by atoms with Gasteiger partial charge in [0.1, 0.15) is 5.76 Å². The standard InChI is InChI=1S/C23H23N3O3/c1-25(2)12-13-26-20(15-8-4-3-5-9-15)19(22(28)23(26)29)21(27)17-14-24-18-11-7-6-10-16(17)18/h3-11,14,20,24,27H,12-13H2,1-2H3/b21-19+/t20-/m0/s1. The molecule has 0 bridgehead atoms.